The SMILES string of the molecule is CC(C(=O)N1CCN[C@H](C)C1)C1CC1. The van der Waals surface area contributed by atoms with Crippen molar-refractivity contribution in [1.29, 1.82) is 0 Å². The molecule has 80 valence electrons. The van der Waals surface area contributed by atoms with Crippen molar-refractivity contribution in [2.75, 3.05) is 19.6 Å². The molecule has 1 unspecified atom stereocenters. The highest BCUT2D eigenvalue weighted by Gasteiger charge is 2.35. The van der Waals surface area contributed by atoms with E-state index < -0.39 is 0 Å². The van der Waals surface area contributed by atoms with Crippen LogP contribution in [0.4, 0.5) is 0 Å². The predicted octanol–water partition coefficient (Wildman–Crippen LogP) is 0.853. The number of carbonyl (C=O) groups excluding carboxylic acids is 1. The summed E-state index contributed by atoms with van der Waals surface area (Å²) in [5.74, 6) is 1.33. The normalized spacial score (nSPS) is 30.1. The Labute approximate surface area is 85.8 Å². The van der Waals surface area contributed by atoms with Crippen molar-refractivity contribution in [1.82, 2.24) is 10.2 Å². The Kier molecular flexibility index (Phi) is 2.77. The largest absolute Gasteiger partial charge is 0.340 e. The Morgan fingerprint density at radius 3 is 2.79 bits per heavy atom. The molecule has 2 atom stereocenters. The molecule has 1 heterocycles. The molecule has 2 rings (SSSR count). The van der Waals surface area contributed by atoms with Crippen molar-refractivity contribution in [3.63, 3.8) is 0 Å². The van der Waals surface area contributed by atoms with Gasteiger partial charge in [0.15, 0.2) is 0 Å². The number of rotatable bonds is 2. The lowest BCUT2D eigenvalue weighted by atomic mass is 10.0. The van der Waals surface area contributed by atoms with E-state index in [1.165, 1.54) is 12.8 Å². The average Bonchev–Trinajstić information content (AvgIpc) is 2.99. The van der Waals surface area contributed by atoms with E-state index in [0.717, 1.165) is 19.6 Å². The summed E-state index contributed by atoms with van der Waals surface area (Å²) in [7, 11) is 0. The van der Waals surface area contributed by atoms with Gasteiger partial charge < -0.3 is 10.2 Å². The van der Waals surface area contributed by atoms with Crippen molar-refractivity contribution < 1.29 is 4.79 Å². The van der Waals surface area contributed by atoms with Gasteiger partial charge in [-0.25, -0.2) is 0 Å². The number of hydrogen-bond donors (Lipinski definition) is 1. The topological polar surface area (TPSA) is 32.3 Å². The third kappa shape index (κ3) is 2.08. The molecule has 1 N–H and O–H groups in total. The summed E-state index contributed by atoms with van der Waals surface area (Å²) in [5.41, 5.74) is 0. The van der Waals surface area contributed by atoms with Gasteiger partial charge in [0.2, 0.25) is 5.91 Å². The van der Waals surface area contributed by atoms with Crippen molar-refractivity contribution in [2.24, 2.45) is 11.8 Å². The molecule has 2 fully saturated rings. The van der Waals surface area contributed by atoms with E-state index >= 15 is 0 Å². The van der Waals surface area contributed by atoms with Gasteiger partial charge in [-0.15, -0.1) is 0 Å². The molecule has 1 aliphatic carbocycles. The zero-order chi connectivity index (χ0) is 10.1. The van der Waals surface area contributed by atoms with Crippen molar-refractivity contribution in [2.45, 2.75) is 32.7 Å². The highest BCUT2D eigenvalue weighted by molar-refractivity contribution is 5.79. The van der Waals surface area contributed by atoms with Gasteiger partial charge in [0.05, 0.1) is 0 Å². The molecule has 0 bridgehead atoms. The van der Waals surface area contributed by atoms with Crippen LogP contribution in [0.1, 0.15) is 26.7 Å². The van der Waals surface area contributed by atoms with Crippen LogP contribution in [0.15, 0.2) is 0 Å². The number of nitrogens with zero attached hydrogens (tertiary/aromatic N) is 1. The summed E-state index contributed by atoms with van der Waals surface area (Å²) in [5, 5.41) is 3.36. The van der Waals surface area contributed by atoms with E-state index in [4.69, 9.17) is 0 Å². The number of nitrogens with one attached hydrogen (secondary N) is 1. The Morgan fingerprint density at radius 2 is 2.21 bits per heavy atom. The Bertz CT molecular complexity index is 225. The number of carbonyl (C=O) groups is 1. The zero-order valence-corrected chi connectivity index (χ0v) is 9.12. The summed E-state index contributed by atoms with van der Waals surface area (Å²) in [6, 6.07) is 0.458. The maximum atomic E-state index is 12.0. The predicted molar refractivity (Wildman–Crippen MR) is 55.9 cm³/mol. The molecule has 3 nitrogen and oxygen atoms in total. The molecule has 1 amide bonds. The van der Waals surface area contributed by atoms with Gasteiger partial charge in [-0.2, -0.15) is 0 Å². The molecule has 0 aromatic rings. The number of piperazine rings is 1. The summed E-state index contributed by atoms with van der Waals surface area (Å²) in [4.78, 5) is 14.1. The first-order valence-corrected chi connectivity index (χ1v) is 5.70. The molecular weight excluding hydrogens is 176 g/mol. The van der Waals surface area contributed by atoms with Crippen LogP contribution in [0.3, 0.4) is 0 Å². The van der Waals surface area contributed by atoms with E-state index in [9.17, 15) is 4.79 Å². The second kappa shape index (κ2) is 3.89. The first-order chi connectivity index (χ1) is 6.68. The lowest BCUT2D eigenvalue weighted by molar-refractivity contribution is -0.136. The van der Waals surface area contributed by atoms with Crippen LogP contribution >= 0.6 is 0 Å². The fourth-order valence-electron chi connectivity index (χ4n) is 2.22. The lowest BCUT2D eigenvalue weighted by Gasteiger charge is -2.33. The molecule has 2 aliphatic rings. The minimum absolute atomic E-state index is 0.264. The maximum Gasteiger partial charge on any atom is 0.225 e. The van der Waals surface area contributed by atoms with Crippen LogP contribution in [-0.2, 0) is 4.79 Å². The van der Waals surface area contributed by atoms with Crippen LogP contribution in [0.5, 0.6) is 0 Å². The summed E-state index contributed by atoms with van der Waals surface area (Å²) in [6.07, 6.45) is 2.52. The van der Waals surface area contributed by atoms with Crippen LogP contribution in [0.2, 0.25) is 0 Å². The molecule has 1 saturated heterocycles. The molecule has 14 heavy (non-hydrogen) atoms. The van der Waals surface area contributed by atoms with Crippen LogP contribution in [0.25, 0.3) is 0 Å². The second-order valence-electron chi connectivity index (χ2n) is 4.77. The highest BCUT2D eigenvalue weighted by Crippen LogP contribution is 2.37. The van der Waals surface area contributed by atoms with E-state index in [1.54, 1.807) is 0 Å². The van der Waals surface area contributed by atoms with Crippen molar-refractivity contribution in [3.8, 4) is 0 Å². The fraction of sp³-hybridized carbons (Fsp3) is 0.909. The highest BCUT2D eigenvalue weighted by atomic mass is 16.2. The van der Waals surface area contributed by atoms with Gasteiger partial charge in [-0.3, -0.25) is 4.79 Å². The van der Waals surface area contributed by atoms with E-state index in [1.807, 2.05) is 4.90 Å². The maximum absolute atomic E-state index is 12.0. The first kappa shape index (κ1) is 9.97. The minimum atomic E-state index is 0.264. The van der Waals surface area contributed by atoms with Crippen molar-refractivity contribution >= 4 is 5.91 Å². The zero-order valence-electron chi connectivity index (χ0n) is 9.12. The molecule has 3 heteroatoms. The Hall–Kier alpha value is -0.570. The second-order valence-corrected chi connectivity index (χ2v) is 4.77. The minimum Gasteiger partial charge on any atom is -0.340 e. The van der Waals surface area contributed by atoms with Crippen molar-refractivity contribution in [3.05, 3.63) is 0 Å². The van der Waals surface area contributed by atoms with Crippen LogP contribution in [-0.4, -0.2) is 36.5 Å². The third-order valence-electron chi connectivity index (χ3n) is 3.40. The smallest absolute Gasteiger partial charge is 0.225 e. The lowest BCUT2D eigenvalue weighted by Crippen LogP contribution is -2.52. The number of amides is 1. The van der Waals surface area contributed by atoms with Gasteiger partial charge >= 0.3 is 0 Å². The molecule has 0 aromatic carbocycles. The van der Waals surface area contributed by atoms with Gasteiger partial charge in [0, 0.05) is 31.6 Å². The molecule has 1 aliphatic heterocycles. The van der Waals surface area contributed by atoms with Crippen LogP contribution < -0.4 is 5.32 Å². The monoisotopic (exact) mass is 196 g/mol. The molecule has 1 saturated carbocycles. The van der Waals surface area contributed by atoms with Gasteiger partial charge in [-0.05, 0) is 25.7 Å². The summed E-state index contributed by atoms with van der Waals surface area (Å²) >= 11 is 0. The fourth-order valence-corrected chi connectivity index (χ4v) is 2.22. The standard InChI is InChI=1S/C11H20N2O/c1-8-7-13(6-5-12-8)11(14)9(2)10-3-4-10/h8-10,12H,3-7H2,1-2H3/t8-,9?/m1/s1. The van der Waals surface area contributed by atoms with E-state index in [-0.39, 0.29) is 5.92 Å². The van der Waals surface area contributed by atoms with E-state index in [0.29, 0.717) is 17.9 Å². The molecule has 0 spiro atoms. The van der Waals surface area contributed by atoms with E-state index in [2.05, 4.69) is 19.2 Å². The average molecular weight is 196 g/mol. The molecule has 0 radical (unpaired) electrons. The Balaban J connectivity index is 1.89. The van der Waals surface area contributed by atoms with Gasteiger partial charge in [0.1, 0.15) is 0 Å². The molecular formula is C11H20N2O. The summed E-state index contributed by atoms with van der Waals surface area (Å²) < 4.78 is 0. The number of hydrogen-bond acceptors (Lipinski definition) is 2. The van der Waals surface area contributed by atoms with Gasteiger partial charge in [0.25, 0.3) is 0 Å². The van der Waals surface area contributed by atoms with Gasteiger partial charge in [-0.1, -0.05) is 6.92 Å². The Morgan fingerprint density at radius 1 is 1.50 bits per heavy atom. The summed E-state index contributed by atoms with van der Waals surface area (Å²) in [6.45, 7) is 6.95. The quantitative estimate of drug-likeness (QED) is 0.710. The molecule has 0 aromatic heterocycles. The third-order valence-corrected chi connectivity index (χ3v) is 3.40. The van der Waals surface area contributed by atoms with Crippen LogP contribution in [0, 0.1) is 11.8 Å². The first-order valence-electron chi connectivity index (χ1n) is 5.70.